The monoisotopic (exact) mass is 264 g/mol. The van der Waals surface area contributed by atoms with E-state index in [-0.39, 0.29) is 0 Å². The first-order valence-corrected chi connectivity index (χ1v) is 6.20. The minimum absolute atomic E-state index is 0.606. The smallest absolute Gasteiger partial charge is 0.118 e. The normalized spacial score (nSPS) is 11.1. The molecule has 0 fully saturated rings. The van der Waals surface area contributed by atoms with Gasteiger partial charge in [0.05, 0.1) is 17.3 Å². The zero-order chi connectivity index (χ0) is 13.1. The lowest BCUT2D eigenvalue weighted by Crippen LogP contribution is -2.16. The Hall–Kier alpha value is -1.45. The zero-order valence-corrected chi connectivity index (χ0v) is 11.4. The lowest BCUT2D eigenvalue weighted by molar-refractivity contribution is 0.285. The van der Waals surface area contributed by atoms with Crippen molar-refractivity contribution in [2.24, 2.45) is 0 Å². The Morgan fingerprint density at radius 1 is 1.22 bits per heavy atom. The van der Waals surface area contributed by atoms with Gasteiger partial charge < -0.3 is 10.2 Å². The maximum Gasteiger partial charge on any atom is 0.118 e. The number of nitrogen functional groups attached to an aromatic ring is 1. The van der Waals surface area contributed by atoms with Gasteiger partial charge in [0, 0.05) is 6.54 Å². The summed E-state index contributed by atoms with van der Waals surface area (Å²) < 4.78 is 5.55. The van der Waals surface area contributed by atoms with Crippen LogP contribution in [0.4, 0.5) is 5.69 Å². The number of anilines is 1. The van der Waals surface area contributed by atoms with Crippen molar-refractivity contribution >= 4 is 17.3 Å². The highest BCUT2D eigenvalue weighted by Gasteiger charge is 2.06. The van der Waals surface area contributed by atoms with Gasteiger partial charge in [-0.3, -0.25) is 4.90 Å². The summed E-state index contributed by atoms with van der Waals surface area (Å²) in [6, 6.07) is 9.71. The minimum atomic E-state index is 0.606. The number of aryl methyl sites for hydroxylation is 1. The van der Waals surface area contributed by atoms with Crippen LogP contribution in [0.15, 0.2) is 34.7 Å². The van der Waals surface area contributed by atoms with Crippen LogP contribution in [0.3, 0.4) is 0 Å². The molecule has 1 aromatic carbocycles. The van der Waals surface area contributed by atoms with Crippen LogP contribution in [0.25, 0.3) is 0 Å². The van der Waals surface area contributed by atoms with E-state index in [1.165, 1.54) is 0 Å². The number of hydrogen-bond donors (Lipinski definition) is 1. The highest BCUT2D eigenvalue weighted by atomic mass is 35.5. The lowest BCUT2D eigenvalue weighted by Gasteiger charge is -2.15. The molecule has 96 valence electrons. The molecule has 0 aliphatic rings. The first-order chi connectivity index (χ1) is 8.54. The Morgan fingerprint density at radius 3 is 2.61 bits per heavy atom. The van der Waals surface area contributed by atoms with E-state index in [9.17, 15) is 0 Å². The molecule has 0 saturated heterocycles. The van der Waals surface area contributed by atoms with E-state index in [1.807, 2.05) is 44.3 Å². The molecule has 0 bridgehead atoms. The summed E-state index contributed by atoms with van der Waals surface area (Å²) in [6.07, 6.45) is 0. The Bertz CT molecular complexity index is 536. The van der Waals surface area contributed by atoms with E-state index in [0.29, 0.717) is 10.7 Å². The fraction of sp³-hybridized carbons (Fsp3) is 0.286. The van der Waals surface area contributed by atoms with Gasteiger partial charge in [0.25, 0.3) is 0 Å². The first kappa shape index (κ1) is 13.0. The number of halogens is 1. The van der Waals surface area contributed by atoms with E-state index >= 15 is 0 Å². The molecule has 0 radical (unpaired) electrons. The molecule has 4 heteroatoms. The molecule has 2 rings (SSSR count). The van der Waals surface area contributed by atoms with Gasteiger partial charge in [0.1, 0.15) is 11.5 Å². The summed E-state index contributed by atoms with van der Waals surface area (Å²) in [7, 11) is 2.04. The Morgan fingerprint density at radius 2 is 2.00 bits per heavy atom. The maximum atomic E-state index is 6.00. The predicted molar refractivity (Wildman–Crippen MR) is 74.5 cm³/mol. The van der Waals surface area contributed by atoms with Gasteiger partial charge >= 0.3 is 0 Å². The molecule has 0 aliphatic carbocycles. The fourth-order valence-electron chi connectivity index (χ4n) is 1.87. The highest BCUT2D eigenvalue weighted by molar-refractivity contribution is 6.33. The number of furan rings is 1. The van der Waals surface area contributed by atoms with Crippen LogP contribution in [0, 0.1) is 6.92 Å². The van der Waals surface area contributed by atoms with Gasteiger partial charge in [0.2, 0.25) is 0 Å². The molecule has 0 atom stereocenters. The average Bonchev–Trinajstić information content (AvgIpc) is 2.69. The van der Waals surface area contributed by atoms with Crippen molar-refractivity contribution in [2.75, 3.05) is 12.8 Å². The molecule has 0 aliphatic heterocycles. The Balaban J connectivity index is 1.98. The topological polar surface area (TPSA) is 42.4 Å². The van der Waals surface area contributed by atoms with Crippen LogP contribution in [-0.2, 0) is 13.1 Å². The predicted octanol–water partition coefficient (Wildman–Crippen LogP) is 3.46. The van der Waals surface area contributed by atoms with E-state index < -0.39 is 0 Å². The number of hydrogen-bond acceptors (Lipinski definition) is 3. The molecular weight excluding hydrogens is 248 g/mol. The van der Waals surface area contributed by atoms with E-state index in [0.717, 1.165) is 30.2 Å². The van der Waals surface area contributed by atoms with E-state index in [2.05, 4.69) is 4.90 Å². The number of rotatable bonds is 4. The molecule has 1 aromatic heterocycles. The molecule has 0 spiro atoms. The Labute approximate surface area is 112 Å². The third-order valence-corrected chi connectivity index (χ3v) is 3.07. The standard InChI is InChI=1S/C14H17ClN2O/c1-10-3-5-12(18-10)9-17(2)8-11-4-6-14(16)13(15)7-11/h3-7H,8-9,16H2,1-2H3. The second-order valence-electron chi connectivity index (χ2n) is 4.54. The summed E-state index contributed by atoms with van der Waals surface area (Å²) in [5, 5.41) is 0.606. The molecule has 2 N–H and O–H groups in total. The van der Waals surface area contributed by atoms with E-state index in [1.54, 1.807) is 0 Å². The number of benzene rings is 1. The molecule has 0 unspecified atom stereocenters. The van der Waals surface area contributed by atoms with Crippen LogP contribution >= 0.6 is 11.6 Å². The number of nitrogens with two attached hydrogens (primary N) is 1. The molecule has 3 nitrogen and oxygen atoms in total. The van der Waals surface area contributed by atoms with Gasteiger partial charge in [-0.05, 0) is 43.8 Å². The molecule has 1 heterocycles. The van der Waals surface area contributed by atoms with Crippen molar-refractivity contribution in [2.45, 2.75) is 20.0 Å². The maximum absolute atomic E-state index is 6.00. The van der Waals surface area contributed by atoms with Crippen molar-refractivity contribution < 1.29 is 4.42 Å². The van der Waals surface area contributed by atoms with Gasteiger partial charge in [-0.2, -0.15) is 0 Å². The van der Waals surface area contributed by atoms with Gasteiger partial charge in [0.15, 0.2) is 0 Å². The van der Waals surface area contributed by atoms with Crippen LogP contribution in [-0.4, -0.2) is 11.9 Å². The zero-order valence-electron chi connectivity index (χ0n) is 10.6. The second kappa shape index (κ2) is 5.46. The summed E-state index contributed by atoms with van der Waals surface area (Å²) in [4.78, 5) is 2.17. The van der Waals surface area contributed by atoms with Gasteiger partial charge in [-0.25, -0.2) is 0 Å². The van der Waals surface area contributed by atoms with Gasteiger partial charge in [-0.15, -0.1) is 0 Å². The first-order valence-electron chi connectivity index (χ1n) is 5.82. The van der Waals surface area contributed by atoms with Crippen molar-refractivity contribution in [3.8, 4) is 0 Å². The molecule has 0 amide bonds. The van der Waals surface area contributed by atoms with Crippen molar-refractivity contribution in [1.82, 2.24) is 4.90 Å². The summed E-state index contributed by atoms with van der Waals surface area (Å²) in [5.41, 5.74) is 7.44. The van der Waals surface area contributed by atoms with Crippen LogP contribution < -0.4 is 5.73 Å². The van der Waals surface area contributed by atoms with Crippen LogP contribution in [0.1, 0.15) is 17.1 Å². The summed E-state index contributed by atoms with van der Waals surface area (Å²) in [6.45, 7) is 3.53. The molecule has 0 saturated carbocycles. The third kappa shape index (κ3) is 3.28. The fourth-order valence-corrected chi connectivity index (χ4v) is 2.08. The lowest BCUT2D eigenvalue weighted by atomic mass is 10.2. The molecule has 2 aromatic rings. The third-order valence-electron chi connectivity index (χ3n) is 2.74. The van der Waals surface area contributed by atoms with Crippen LogP contribution in [0.5, 0.6) is 0 Å². The molecule has 18 heavy (non-hydrogen) atoms. The number of nitrogens with zero attached hydrogens (tertiary/aromatic N) is 1. The average molecular weight is 265 g/mol. The second-order valence-corrected chi connectivity index (χ2v) is 4.95. The summed E-state index contributed by atoms with van der Waals surface area (Å²) >= 11 is 6.00. The quantitative estimate of drug-likeness (QED) is 0.860. The van der Waals surface area contributed by atoms with E-state index in [4.69, 9.17) is 21.8 Å². The van der Waals surface area contributed by atoms with Crippen LogP contribution in [0.2, 0.25) is 5.02 Å². The van der Waals surface area contributed by atoms with Crippen molar-refractivity contribution in [1.29, 1.82) is 0 Å². The minimum Gasteiger partial charge on any atom is -0.465 e. The highest BCUT2D eigenvalue weighted by Crippen LogP contribution is 2.20. The summed E-state index contributed by atoms with van der Waals surface area (Å²) in [5.74, 6) is 1.91. The SMILES string of the molecule is Cc1ccc(CN(C)Cc2ccc(N)c(Cl)c2)o1. The molecular formula is C14H17ClN2O. The van der Waals surface area contributed by atoms with Crippen molar-refractivity contribution in [3.05, 3.63) is 52.4 Å². The van der Waals surface area contributed by atoms with Gasteiger partial charge in [-0.1, -0.05) is 17.7 Å². The Kier molecular flexibility index (Phi) is 3.94. The largest absolute Gasteiger partial charge is 0.465 e. The van der Waals surface area contributed by atoms with Crippen molar-refractivity contribution in [3.63, 3.8) is 0 Å².